The summed E-state index contributed by atoms with van der Waals surface area (Å²) >= 11 is 12.2. The minimum absolute atomic E-state index is 0.132. The predicted octanol–water partition coefficient (Wildman–Crippen LogP) is 5.49. The molecule has 0 saturated carbocycles. The highest BCUT2D eigenvalue weighted by Gasteiger charge is 2.27. The smallest absolute Gasteiger partial charge is 0.307 e. The number of carbonyl (C=O) groups is 1. The van der Waals surface area contributed by atoms with Crippen LogP contribution in [0.2, 0.25) is 10.0 Å². The lowest BCUT2D eigenvalue weighted by atomic mass is 10.1. The minimum atomic E-state index is -0.132. The van der Waals surface area contributed by atoms with E-state index in [9.17, 15) is 4.79 Å². The number of hydrogen-bond acceptors (Lipinski definition) is 4. The maximum absolute atomic E-state index is 11.8. The van der Waals surface area contributed by atoms with Gasteiger partial charge in [-0.2, -0.15) is 0 Å². The number of anilines is 1. The number of rotatable bonds is 7. The Morgan fingerprint density at radius 1 is 1.19 bits per heavy atom. The van der Waals surface area contributed by atoms with Crippen molar-refractivity contribution in [1.29, 1.82) is 0 Å². The van der Waals surface area contributed by atoms with Crippen molar-refractivity contribution in [2.75, 3.05) is 18.1 Å². The van der Waals surface area contributed by atoms with E-state index in [0.717, 1.165) is 36.4 Å². The van der Waals surface area contributed by atoms with Gasteiger partial charge in [-0.1, -0.05) is 35.3 Å². The van der Waals surface area contributed by atoms with Crippen LogP contribution in [0.5, 0.6) is 5.75 Å². The lowest BCUT2D eigenvalue weighted by Gasteiger charge is -2.26. The van der Waals surface area contributed by atoms with Gasteiger partial charge in [0.15, 0.2) is 0 Å². The summed E-state index contributed by atoms with van der Waals surface area (Å²) in [6, 6.07) is 13.6. The first kappa shape index (κ1) is 19.8. The molecule has 0 bridgehead atoms. The molecule has 3 rings (SSSR count). The van der Waals surface area contributed by atoms with E-state index < -0.39 is 0 Å². The van der Waals surface area contributed by atoms with Crippen molar-refractivity contribution in [2.24, 2.45) is 0 Å². The summed E-state index contributed by atoms with van der Waals surface area (Å²) in [6.07, 6.45) is 2.51. The van der Waals surface area contributed by atoms with Crippen LogP contribution in [-0.2, 0) is 16.1 Å². The molecule has 0 aliphatic carbocycles. The molecular formula is C21H23Cl2NO3. The highest BCUT2D eigenvalue weighted by Crippen LogP contribution is 2.30. The molecule has 1 atom stereocenters. The zero-order valence-corrected chi connectivity index (χ0v) is 16.8. The molecule has 0 aromatic heterocycles. The highest BCUT2D eigenvalue weighted by atomic mass is 35.5. The first-order valence-corrected chi connectivity index (χ1v) is 9.92. The van der Waals surface area contributed by atoms with Crippen molar-refractivity contribution in [3.05, 3.63) is 58.1 Å². The Labute approximate surface area is 170 Å². The van der Waals surface area contributed by atoms with E-state index in [0.29, 0.717) is 29.7 Å². The van der Waals surface area contributed by atoms with Crippen LogP contribution >= 0.6 is 23.2 Å². The number of nitrogens with zero attached hydrogens (tertiary/aromatic N) is 1. The van der Waals surface area contributed by atoms with E-state index >= 15 is 0 Å². The van der Waals surface area contributed by atoms with Crippen LogP contribution in [0.3, 0.4) is 0 Å². The maximum atomic E-state index is 11.8. The highest BCUT2D eigenvalue weighted by molar-refractivity contribution is 6.42. The molecule has 0 unspecified atom stereocenters. The van der Waals surface area contributed by atoms with E-state index in [-0.39, 0.29) is 12.0 Å². The normalized spacial score (nSPS) is 16.4. The summed E-state index contributed by atoms with van der Waals surface area (Å²) in [5.74, 6) is 0.628. The molecule has 1 aliphatic rings. The van der Waals surface area contributed by atoms with Crippen LogP contribution in [0.15, 0.2) is 42.5 Å². The van der Waals surface area contributed by atoms with Crippen molar-refractivity contribution in [3.63, 3.8) is 0 Å². The van der Waals surface area contributed by atoms with Crippen LogP contribution in [0.4, 0.5) is 5.69 Å². The number of esters is 1. The molecule has 0 amide bonds. The number of benzene rings is 2. The molecule has 0 spiro atoms. The monoisotopic (exact) mass is 407 g/mol. The maximum Gasteiger partial charge on any atom is 0.307 e. The van der Waals surface area contributed by atoms with Crippen molar-refractivity contribution in [3.8, 4) is 5.75 Å². The molecule has 2 aromatic carbocycles. The summed E-state index contributed by atoms with van der Waals surface area (Å²) in [5.41, 5.74) is 1.94. The van der Waals surface area contributed by atoms with E-state index in [1.807, 2.05) is 43.3 Å². The second-order valence-electron chi connectivity index (χ2n) is 6.49. The molecule has 0 N–H and O–H groups in total. The molecule has 2 aromatic rings. The number of halogens is 2. The van der Waals surface area contributed by atoms with Gasteiger partial charge in [-0.25, -0.2) is 0 Å². The fourth-order valence-corrected chi connectivity index (χ4v) is 3.73. The Morgan fingerprint density at radius 2 is 1.96 bits per heavy atom. The summed E-state index contributed by atoms with van der Waals surface area (Å²) < 4.78 is 10.9. The van der Waals surface area contributed by atoms with Crippen molar-refractivity contribution in [1.82, 2.24) is 0 Å². The third kappa shape index (κ3) is 5.08. The molecule has 27 heavy (non-hydrogen) atoms. The fraction of sp³-hybridized carbons (Fsp3) is 0.381. The average Bonchev–Trinajstić information content (AvgIpc) is 3.11. The number of carbonyl (C=O) groups excluding carboxylic acids is 1. The predicted molar refractivity (Wildman–Crippen MR) is 109 cm³/mol. The van der Waals surface area contributed by atoms with Gasteiger partial charge in [0.25, 0.3) is 0 Å². The first-order valence-electron chi connectivity index (χ1n) is 9.16. The van der Waals surface area contributed by atoms with E-state index in [1.165, 1.54) is 0 Å². The Hall–Kier alpha value is -1.91. The van der Waals surface area contributed by atoms with Crippen LogP contribution in [0, 0.1) is 0 Å². The molecule has 1 aliphatic heterocycles. The van der Waals surface area contributed by atoms with Crippen LogP contribution in [-0.4, -0.2) is 25.2 Å². The quantitative estimate of drug-likeness (QED) is 0.568. The zero-order valence-electron chi connectivity index (χ0n) is 15.3. The Kier molecular flexibility index (Phi) is 6.86. The minimum Gasteiger partial charge on any atom is -0.489 e. The second kappa shape index (κ2) is 9.34. The fourth-order valence-electron chi connectivity index (χ4n) is 3.35. The molecular weight excluding hydrogens is 385 g/mol. The van der Waals surface area contributed by atoms with Crippen molar-refractivity contribution >= 4 is 34.9 Å². The Balaban J connectivity index is 1.61. The van der Waals surface area contributed by atoms with Gasteiger partial charge in [-0.3, -0.25) is 4.79 Å². The molecule has 6 heteroatoms. The van der Waals surface area contributed by atoms with E-state index in [2.05, 4.69) is 4.90 Å². The Bertz CT molecular complexity index is 779. The van der Waals surface area contributed by atoms with Crippen LogP contribution in [0.25, 0.3) is 0 Å². The number of ether oxygens (including phenoxy) is 2. The second-order valence-corrected chi connectivity index (χ2v) is 7.28. The molecule has 4 nitrogen and oxygen atoms in total. The zero-order chi connectivity index (χ0) is 19.2. The van der Waals surface area contributed by atoms with Crippen LogP contribution in [0.1, 0.15) is 31.7 Å². The van der Waals surface area contributed by atoms with Gasteiger partial charge >= 0.3 is 5.97 Å². The van der Waals surface area contributed by atoms with Gasteiger partial charge in [-0.05, 0) is 50.1 Å². The molecule has 1 saturated heterocycles. The number of hydrogen-bond donors (Lipinski definition) is 0. The Morgan fingerprint density at radius 3 is 2.70 bits per heavy atom. The molecule has 144 valence electrons. The lowest BCUT2D eigenvalue weighted by molar-refractivity contribution is -0.143. The third-order valence-electron chi connectivity index (χ3n) is 4.68. The lowest BCUT2D eigenvalue weighted by Crippen LogP contribution is -2.31. The molecule has 0 radical (unpaired) electrons. The van der Waals surface area contributed by atoms with Crippen molar-refractivity contribution < 1.29 is 14.3 Å². The van der Waals surface area contributed by atoms with Gasteiger partial charge in [0.05, 0.1) is 23.1 Å². The van der Waals surface area contributed by atoms with E-state index in [4.69, 9.17) is 32.7 Å². The standard InChI is InChI=1S/C21H23Cl2NO3/c1-2-26-20(25)13-17-6-4-12-24(17)16-8-10-18(11-9-16)27-14-15-5-3-7-19(22)21(15)23/h3,5,7-11,17H,2,4,6,12-14H2,1H3/t17-/m0/s1. The summed E-state index contributed by atoms with van der Waals surface area (Å²) in [5, 5.41) is 1.05. The summed E-state index contributed by atoms with van der Waals surface area (Å²) in [4.78, 5) is 14.1. The van der Waals surface area contributed by atoms with Gasteiger partial charge in [0.2, 0.25) is 0 Å². The summed E-state index contributed by atoms with van der Waals surface area (Å²) in [7, 11) is 0. The van der Waals surface area contributed by atoms with Gasteiger partial charge in [-0.15, -0.1) is 0 Å². The summed E-state index contributed by atoms with van der Waals surface area (Å²) in [6.45, 7) is 3.56. The topological polar surface area (TPSA) is 38.8 Å². The molecule has 1 heterocycles. The van der Waals surface area contributed by atoms with E-state index in [1.54, 1.807) is 6.07 Å². The van der Waals surface area contributed by atoms with Gasteiger partial charge in [0, 0.05) is 23.8 Å². The van der Waals surface area contributed by atoms with Crippen molar-refractivity contribution in [2.45, 2.75) is 38.8 Å². The third-order valence-corrected chi connectivity index (χ3v) is 5.54. The SMILES string of the molecule is CCOC(=O)C[C@@H]1CCCN1c1ccc(OCc2cccc(Cl)c2Cl)cc1. The average molecular weight is 408 g/mol. The first-order chi connectivity index (χ1) is 13.1. The molecule has 1 fully saturated rings. The van der Waals surface area contributed by atoms with Crippen LogP contribution < -0.4 is 9.64 Å². The van der Waals surface area contributed by atoms with Gasteiger partial charge in [0.1, 0.15) is 12.4 Å². The van der Waals surface area contributed by atoms with Gasteiger partial charge < -0.3 is 14.4 Å². The largest absolute Gasteiger partial charge is 0.489 e.